The van der Waals surface area contributed by atoms with Crippen molar-refractivity contribution in [2.75, 3.05) is 31.9 Å². The first-order valence-electron chi connectivity index (χ1n) is 13.5. The van der Waals surface area contributed by atoms with Gasteiger partial charge in [0, 0.05) is 37.3 Å². The van der Waals surface area contributed by atoms with Crippen molar-refractivity contribution >= 4 is 33.1 Å². The van der Waals surface area contributed by atoms with E-state index in [1.165, 1.54) is 59.4 Å². The lowest BCUT2D eigenvalue weighted by Gasteiger charge is -2.39. The second kappa shape index (κ2) is 10.6. The quantitative estimate of drug-likeness (QED) is 0.361. The largest absolute Gasteiger partial charge is 0.397 e. The molecule has 1 fully saturated rings. The van der Waals surface area contributed by atoms with Crippen molar-refractivity contribution in [3.63, 3.8) is 0 Å². The molecule has 0 saturated carbocycles. The standard InChI is InChI=1S/C31H34N4OS/c32-27-25-21-24-15-5-1-2-10-16-26(24)33-30(25)37-29(27)31(36)35-19-17-34(18-20-35)28(22-11-6-3-7-12-22)23-13-8-4-9-14-23/h3-4,6-9,11-14,21,28H,1-2,5,10,15-20,32H2. The summed E-state index contributed by atoms with van der Waals surface area (Å²) >= 11 is 1.47. The van der Waals surface area contributed by atoms with Gasteiger partial charge < -0.3 is 10.6 Å². The van der Waals surface area contributed by atoms with Crippen LogP contribution in [0.4, 0.5) is 5.69 Å². The number of hydrogen-bond donors (Lipinski definition) is 1. The minimum atomic E-state index is 0.0449. The molecule has 1 saturated heterocycles. The van der Waals surface area contributed by atoms with E-state index in [-0.39, 0.29) is 11.9 Å². The van der Waals surface area contributed by atoms with E-state index in [4.69, 9.17) is 10.7 Å². The third kappa shape index (κ3) is 4.88. The van der Waals surface area contributed by atoms with Crippen LogP contribution in [0, 0.1) is 0 Å². The number of nitrogens with two attached hydrogens (primary N) is 1. The van der Waals surface area contributed by atoms with E-state index in [1.807, 2.05) is 4.90 Å². The molecular formula is C31H34N4OS. The number of aromatic nitrogens is 1. The fourth-order valence-electron chi connectivity index (χ4n) is 5.88. The zero-order valence-electron chi connectivity index (χ0n) is 21.2. The summed E-state index contributed by atoms with van der Waals surface area (Å²) in [6, 6.07) is 23.7. The van der Waals surface area contributed by atoms with Crippen LogP contribution in [-0.2, 0) is 12.8 Å². The summed E-state index contributed by atoms with van der Waals surface area (Å²) in [5.74, 6) is 0.0449. The number of nitrogen functional groups attached to an aromatic ring is 1. The van der Waals surface area contributed by atoms with Crippen LogP contribution >= 0.6 is 11.3 Å². The second-order valence-electron chi connectivity index (χ2n) is 10.3. The molecule has 2 aliphatic rings. The van der Waals surface area contributed by atoms with Crippen LogP contribution in [0.1, 0.15) is 63.8 Å². The van der Waals surface area contributed by atoms with E-state index >= 15 is 0 Å². The fraction of sp³-hybridized carbons (Fsp3) is 0.355. The average Bonchev–Trinajstić information content (AvgIpc) is 3.25. The summed E-state index contributed by atoms with van der Waals surface area (Å²) in [6.07, 6.45) is 7.03. The third-order valence-corrected chi connectivity index (χ3v) is 8.99. The third-order valence-electron chi connectivity index (χ3n) is 7.89. The number of aryl methyl sites for hydroxylation is 2. The molecule has 0 bridgehead atoms. The monoisotopic (exact) mass is 510 g/mol. The summed E-state index contributed by atoms with van der Waals surface area (Å²) < 4.78 is 0. The number of amides is 1. The lowest BCUT2D eigenvalue weighted by atomic mass is 9.96. The number of carbonyl (C=O) groups is 1. The van der Waals surface area contributed by atoms with Crippen LogP contribution in [0.5, 0.6) is 0 Å². The molecule has 0 radical (unpaired) electrons. The average molecular weight is 511 g/mol. The van der Waals surface area contributed by atoms with Gasteiger partial charge in [0.2, 0.25) is 0 Å². The zero-order chi connectivity index (χ0) is 25.2. The minimum Gasteiger partial charge on any atom is -0.397 e. The Bertz CT molecular complexity index is 1340. The molecule has 2 aromatic heterocycles. The van der Waals surface area contributed by atoms with Crippen LogP contribution in [0.3, 0.4) is 0 Å². The van der Waals surface area contributed by atoms with E-state index < -0.39 is 0 Å². The van der Waals surface area contributed by atoms with Crippen molar-refractivity contribution in [1.29, 1.82) is 0 Å². The molecule has 37 heavy (non-hydrogen) atoms. The maximum Gasteiger partial charge on any atom is 0.266 e. The maximum atomic E-state index is 13.6. The summed E-state index contributed by atoms with van der Waals surface area (Å²) in [7, 11) is 0. The highest BCUT2D eigenvalue weighted by atomic mass is 32.1. The highest BCUT2D eigenvalue weighted by Gasteiger charge is 2.30. The lowest BCUT2D eigenvalue weighted by molar-refractivity contribution is 0.0603. The van der Waals surface area contributed by atoms with Gasteiger partial charge in [-0.1, -0.05) is 73.5 Å². The molecule has 5 nitrogen and oxygen atoms in total. The number of piperazine rings is 1. The summed E-state index contributed by atoms with van der Waals surface area (Å²) in [4.78, 5) is 24.7. The first-order valence-corrected chi connectivity index (χ1v) is 14.3. The van der Waals surface area contributed by atoms with Crippen molar-refractivity contribution in [2.24, 2.45) is 0 Å². The SMILES string of the molecule is Nc1c(C(=O)N2CCN(C(c3ccccc3)c3ccccc3)CC2)sc2nc3c(cc12)CCCCCC3. The van der Waals surface area contributed by atoms with Gasteiger partial charge in [-0.3, -0.25) is 9.69 Å². The van der Waals surface area contributed by atoms with Gasteiger partial charge in [0.1, 0.15) is 9.71 Å². The van der Waals surface area contributed by atoms with E-state index in [2.05, 4.69) is 71.6 Å². The lowest BCUT2D eigenvalue weighted by Crippen LogP contribution is -2.49. The number of rotatable bonds is 4. The zero-order valence-corrected chi connectivity index (χ0v) is 22.1. The Morgan fingerprint density at radius 2 is 1.46 bits per heavy atom. The minimum absolute atomic E-state index is 0.0449. The molecular weight excluding hydrogens is 476 g/mol. The highest BCUT2D eigenvalue weighted by Crippen LogP contribution is 2.36. The molecule has 4 aromatic rings. The number of thiophene rings is 1. The van der Waals surface area contributed by atoms with E-state index in [1.54, 1.807) is 0 Å². The number of anilines is 1. The Labute approximate surface area is 222 Å². The number of pyridine rings is 1. The Kier molecular flexibility index (Phi) is 6.94. The molecule has 1 aliphatic heterocycles. The normalized spacial score (nSPS) is 16.9. The van der Waals surface area contributed by atoms with Gasteiger partial charge in [-0.2, -0.15) is 0 Å². The van der Waals surface area contributed by atoms with Crippen molar-refractivity contribution in [2.45, 2.75) is 44.6 Å². The van der Waals surface area contributed by atoms with Gasteiger partial charge in [-0.15, -0.1) is 11.3 Å². The van der Waals surface area contributed by atoms with Gasteiger partial charge in [0.15, 0.2) is 0 Å². The number of carbonyl (C=O) groups excluding carboxylic acids is 1. The van der Waals surface area contributed by atoms with E-state index in [0.717, 1.165) is 36.1 Å². The Morgan fingerprint density at radius 1 is 0.838 bits per heavy atom. The maximum absolute atomic E-state index is 13.6. The molecule has 2 aromatic carbocycles. The van der Waals surface area contributed by atoms with E-state index in [0.29, 0.717) is 23.7 Å². The molecule has 0 spiro atoms. The highest BCUT2D eigenvalue weighted by molar-refractivity contribution is 7.21. The fourth-order valence-corrected chi connectivity index (χ4v) is 6.95. The molecule has 1 aliphatic carbocycles. The number of nitrogens with zero attached hydrogens (tertiary/aromatic N) is 3. The molecule has 6 heteroatoms. The molecule has 190 valence electrons. The van der Waals surface area contributed by atoms with Crippen LogP contribution < -0.4 is 5.73 Å². The van der Waals surface area contributed by atoms with Crippen LogP contribution in [0.25, 0.3) is 10.2 Å². The first-order chi connectivity index (χ1) is 18.2. The van der Waals surface area contributed by atoms with Gasteiger partial charge in [-0.25, -0.2) is 4.98 Å². The van der Waals surface area contributed by atoms with Crippen molar-refractivity contribution in [3.05, 3.63) is 94.0 Å². The van der Waals surface area contributed by atoms with Gasteiger partial charge in [-0.05, 0) is 48.4 Å². The Morgan fingerprint density at radius 3 is 2.11 bits per heavy atom. The van der Waals surface area contributed by atoms with Crippen molar-refractivity contribution < 1.29 is 4.79 Å². The first kappa shape index (κ1) is 24.1. The number of fused-ring (bicyclic) bond motifs is 2. The molecule has 0 atom stereocenters. The summed E-state index contributed by atoms with van der Waals surface area (Å²) in [5.41, 5.74) is 12.3. The number of hydrogen-bond acceptors (Lipinski definition) is 5. The summed E-state index contributed by atoms with van der Waals surface area (Å²) in [5, 5.41) is 0.958. The predicted molar refractivity (Wildman–Crippen MR) is 152 cm³/mol. The smallest absolute Gasteiger partial charge is 0.266 e. The molecule has 0 unspecified atom stereocenters. The van der Waals surface area contributed by atoms with Crippen molar-refractivity contribution in [3.8, 4) is 0 Å². The molecule has 3 heterocycles. The molecule has 2 N–H and O–H groups in total. The van der Waals surface area contributed by atoms with Crippen LogP contribution in [0.15, 0.2) is 66.7 Å². The van der Waals surface area contributed by atoms with Crippen LogP contribution in [-0.4, -0.2) is 46.9 Å². The van der Waals surface area contributed by atoms with Gasteiger partial charge in [0.25, 0.3) is 5.91 Å². The molecule has 1 amide bonds. The summed E-state index contributed by atoms with van der Waals surface area (Å²) in [6.45, 7) is 3.01. The molecule has 6 rings (SSSR count). The second-order valence-corrected chi connectivity index (χ2v) is 11.3. The Balaban J connectivity index is 1.22. The Hall–Kier alpha value is -3.22. The van der Waals surface area contributed by atoms with E-state index in [9.17, 15) is 4.79 Å². The van der Waals surface area contributed by atoms with Gasteiger partial charge >= 0.3 is 0 Å². The van der Waals surface area contributed by atoms with Gasteiger partial charge in [0.05, 0.1) is 11.7 Å². The number of benzene rings is 2. The van der Waals surface area contributed by atoms with Crippen molar-refractivity contribution in [1.82, 2.24) is 14.8 Å². The topological polar surface area (TPSA) is 62.5 Å². The predicted octanol–water partition coefficient (Wildman–Crippen LogP) is 6.08. The van der Waals surface area contributed by atoms with Crippen LogP contribution in [0.2, 0.25) is 0 Å².